The summed E-state index contributed by atoms with van der Waals surface area (Å²) in [6, 6.07) is 3.69. The van der Waals surface area contributed by atoms with Crippen molar-refractivity contribution in [1.82, 2.24) is 0 Å². The normalized spacial score (nSPS) is 14.1. The van der Waals surface area contributed by atoms with Gasteiger partial charge in [-0.05, 0) is 24.6 Å². The first-order valence-corrected chi connectivity index (χ1v) is 4.66. The third-order valence-electron chi connectivity index (χ3n) is 1.77. The number of halogens is 4. The molecule has 0 aliphatic carbocycles. The summed E-state index contributed by atoms with van der Waals surface area (Å²) in [4.78, 5) is 0. The standard InChI is InChI=1S/C9H8BrF3O/c1-5(14)7-3-2-6(10)4-8(7)9(11,12)13/h2-5,14H,1H3/t5-/m0/s1. The molecule has 1 rings (SSSR count). The van der Waals surface area contributed by atoms with Gasteiger partial charge in [-0.2, -0.15) is 13.2 Å². The van der Waals surface area contributed by atoms with Gasteiger partial charge in [-0.3, -0.25) is 0 Å². The van der Waals surface area contributed by atoms with Crippen LogP contribution in [-0.4, -0.2) is 5.11 Å². The molecule has 1 atom stereocenters. The van der Waals surface area contributed by atoms with E-state index in [-0.39, 0.29) is 5.56 Å². The van der Waals surface area contributed by atoms with E-state index in [4.69, 9.17) is 5.11 Å². The maximum absolute atomic E-state index is 12.5. The Bertz CT molecular complexity index is 333. The number of aliphatic hydroxyl groups excluding tert-OH is 1. The fraction of sp³-hybridized carbons (Fsp3) is 0.333. The van der Waals surface area contributed by atoms with Crippen molar-refractivity contribution < 1.29 is 18.3 Å². The lowest BCUT2D eigenvalue weighted by molar-refractivity contribution is -0.139. The molecule has 0 heterocycles. The zero-order valence-electron chi connectivity index (χ0n) is 7.27. The topological polar surface area (TPSA) is 20.2 Å². The summed E-state index contributed by atoms with van der Waals surface area (Å²) in [6.07, 6.45) is -5.56. The highest BCUT2D eigenvalue weighted by molar-refractivity contribution is 9.10. The van der Waals surface area contributed by atoms with Crippen LogP contribution >= 0.6 is 15.9 Å². The Hall–Kier alpha value is -0.550. The van der Waals surface area contributed by atoms with Gasteiger partial charge < -0.3 is 5.11 Å². The number of hydrogen-bond acceptors (Lipinski definition) is 1. The zero-order valence-corrected chi connectivity index (χ0v) is 8.85. The molecule has 1 N–H and O–H groups in total. The molecule has 78 valence electrons. The Labute approximate surface area is 87.7 Å². The maximum Gasteiger partial charge on any atom is 0.416 e. The quantitative estimate of drug-likeness (QED) is 0.827. The highest BCUT2D eigenvalue weighted by Crippen LogP contribution is 2.36. The lowest BCUT2D eigenvalue weighted by Crippen LogP contribution is -2.10. The van der Waals surface area contributed by atoms with Crippen molar-refractivity contribution in [2.45, 2.75) is 19.2 Å². The molecule has 0 fully saturated rings. The highest BCUT2D eigenvalue weighted by atomic mass is 79.9. The number of alkyl halides is 3. The average Bonchev–Trinajstić information content (AvgIpc) is 2.01. The van der Waals surface area contributed by atoms with Crippen molar-refractivity contribution in [2.75, 3.05) is 0 Å². The van der Waals surface area contributed by atoms with E-state index in [9.17, 15) is 13.2 Å². The van der Waals surface area contributed by atoms with Crippen molar-refractivity contribution >= 4 is 15.9 Å². The van der Waals surface area contributed by atoms with Crippen molar-refractivity contribution in [1.29, 1.82) is 0 Å². The van der Waals surface area contributed by atoms with Crippen LogP contribution in [0.5, 0.6) is 0 Å². The summed E-state index contributed by atoms with van der Waals surface area (Å²) in [7, 11) is 0. The van der Waals surface area contributed by atoms with Gasteiger partial charge in [-0.15, -0.1) is 0 Å². The van der Waals surface area contributed by atoms with Gasteiger partial charge in [-0.1, -0.05) is 22.0 Å². The molecule has 0 amide bonds. The molecule has 1 nitrogen and oxygen atoms in total. The largest absolute Gasteiger partial charge is 0.416 e. The van der Waals surface area contributed by atoms with E-state index in [0.29, 0.717) is 4.47 Å². The SMILES string of the molecule is C[C@H](O)c1ccc(Br)cc1C(F)(F)F. The van der Waals surface area contributed by atoms with E-state index in [1.807, 2.05) is 0 Å². The minimum atomic E-state index is -4.43. The molecule has 0 aliphatic rings. The molecule has 0 radical (unpaired) electrons. The molecular weight excluding hydrogens is 261 g/mol. The first-order valence-electron chi connectivity index (χ1n) is 3.87. The molecule has 0 aromatic heterocycles. The number of aliphatic hydroxyl groups is 1. The molecule has 0 saturated heterocycles. The average molecular weight is 269 g/mol. The Morgan fingerprint density at radius 3 is 2.36 bits per heavy atom. The second kappa shape index (κ2) is 3.90. The molecule has 1 aromatic rings. The molecule has 5 heteroatoms. The van der Waals surface area contributed by atoms with Crippen LogP contribution in [-0.2, 0) is 6.18 Å². The first kappa shape index (κ1) is 11.5. The molecule has 0 saturated carbocycles. The fourth-order valence-electron chi connectivity index (χ4n) is 1.14. The van der Waals surface area contributed by atoms with Crippen molar-refractivity contribution in [3.05, 3.63) is 33.8 Å². The fourth-order valence-corrected chi connectivity index (χ4v) is 1.50. The summed E-state index contributed by atoms with van der Waals surface area (Å²) in [5.41, 5.74) is -0.914. The third-order valence-corrected chi connectivity index (χ3v) is 2.26. The number of hydrogen-bond donors (Lipinski definition) is 1. The smallest absolute Gasteiger partial charge is 0.389 e. The van der Waals surface area contributed by atoms with E-state index >= 15 is 0 Å². The Kier molecular flexibility index (Phi) is 3.21. The third kappa shape index (κ3) is 2.48. The predicted octanol–water partition coefficient (Wildman–Crippen LogP) is 3.52. The molecule has 14 heavy (non-hydrogen) atoms. The summed E-state index contributed by atoms with van der Waals surface area (Å²) >= 11 is 2.96. The Morgan fingerprint density at radius 1 is 1.36 bits per heavy atom. The minimum absolute atomic E-state index is 0.110. The van der Waals surface area contributed by atoms with Gasteiger partial charge in [0.1, 0.15) is 0 Å². The monoisotopic (exact) mass is 268 g/mol. The second-order valence-corrected chi connectivity index (χ2v) is 3.82. The van der Waals surface area contributed by atoms with Crippen LogP contribution < -0.4 is 0 Å². The molecule has 0 bridgehead atoms. The lowest BCUT2D eigenvalue weighted by atomic mass is 10.0. The number of benzene rings is 1. The van der Waals surface area contributed by atoms with Crippen LogP contribution in [0.1, 0.15) is 24.2 Å². The maximum atomic E-state index is 12.5. The van der Waals surface area contributed by atoms with E-state index in [0.717, 1.165) is 6.07 Å². The Morgan fingerprint density at radius 2 is 1.93 bits per heavy atom. The van der Waals surface area contributed by atoms with Crippen molar-refractivity contribution in [2.24, 2.45) is 0 Å². The van der Waals surface area contributed by atoms with Gasteiger partial charge in [-0.25, -0.2) is 0 Å². The van der Waals surface area contributed by atoms with Gasteiger partial charge in [0.25, 0.3) is 0 Å². The minimum Gasteiger partial charge on any atom is -0.389 e. The van der Waals surface area contributed by atoms with Crippen LogP contribution in [0.2, 0.25) is 0 Å². The van der Waals surface area contributed by atoms with E-state index in [1.54, 1.807) is 0 Å². The molecule has 0 spiro atoms. The van der Waals surface area contributed by atoms with E-state index in [2.05, 4.69) is 15.9 Å². The second-order valence-electron chi connectivity index (χ2n) is 2.91. The van der Waals surface area contributed by atoms with Gasteiger partial charge in [0, 0.05) is 4.47 Å². The summed E-state index contributed by atoms with van der Waals surface area (Å²) in [6.45, 7) is 1.30. The predicted molar refractivity (Wildman–Crippen MR) is 49.8 cm³/mol. The molecule has 1 aromatic carbocycles. The molecule has 0 unspecified atom stereocenters. The lowest BCUT2D eigenvalue weighted by Gasteiger charge is -2.14. The van der Waals surface area contributed by atoms with Gasteiger partial charge >= 0.3 is 6.18 Å². The van der Waals surface area contributed by atoms with E-state index in [1.165, 1.54) is 19.1 Å². The first-order chi connectivity index (χ1) is 6.32. The number of rotatable bonds is 1. The van der Waals surface area contributed by atoms with Gasteiger partial charge in [0.05, 0.1) is 11.7 Å². The van der Waals surface area contributed by atoms with Gasteiger partial charge in [0.15, 0.2) is 0 Å². The summed E-state index contributed by atoms with van der Waals surface area (Å²) in [5.74, 6) is 0. The zero-order chi connectivity index (χ0) is 10.9. The van der Waals surface area contributed by atoms with Crippen LogP contribution in [0, 0.1) is 0 Å². The summed E-state index contributed by atoms with van der Waals surface area (Å²) < 4.78 is 37.7. The highest BCUT2D eigenvalue weighted by Gasteiger charge is 2.34. The van der Waals surface area contributed by atoms with Crippen LogP contribution in [0.3, 0.4) is 0 Å². The van der Waals surface area contributed by atoms with E-state index < -0.39 is 17.8 Å². The molecule has 0 aliphatic heterocycles. The van der Waals surface area contributed by atoms with Crippen LogP contribution in [0.25, 0.3) is 0 Å². The Balaban J connectivity index is 3.30. The van der Waals surface area contributed by atoms with Crippen molar-refractivity contribution in [3.8, 4) is 0 Å². The van der Waals surface area contributed by atoms with Crippen molar-refractivity contribution in [3.63, 3.8) is 0 Å². The van der Waals surface area contributed by atoms with Gasteiger partial charge in [0.2, 0.25) is 0 Å². The molecular formula is C9H8BrF3O. The van der Waals surface area contributed by atoms with Crippen LogP contribution in [0.15, 0.2) is 22.7 Å². The summed E-state index contributed by atoms with van der Waals surface area (Å²) in [5, 5.41) is 9.14. The van der Waals surface area contributed by atoms with Crippen LogP contribution in [0.4, 0.5) is 13.2 Å².